The first-order valence-corrected chi connectivity index (χ1v) is 10.3. The maximum atomic E-state index is 13.7. The van der Waals surface area contributed by atoms with Gasteiger partial charge in [0.1, 0.15) is 5.82 Å². The highest BCUT2D eigenvalue weighted by Crippen LogP contribution is 2.28. The maximum absolute atomic E-state index is 13.7. The quantitative estimate of drug-likeness (QED) is 0.399. The highest BCUT2D eigenvalue weighted by Gasteiger charge is 2.09. The first-order valence-electron chi connectivity index (χ1n) is 10.3. The van der Waals surface area contributed by atoms with Gasteiger partial charge >= 0.3 is 0 Å². The number of benzene rings is 2. The summed E-state index contributed by atoms with van der Waals surface area (Å²) in [5.74, 6) is 1.25. The molecule has 7 nitrogen and oxygen atoms in total. The molecule has 0 aromatic heterocycles. The Morgan fingerprint density at radius 3 is 2.42 bits per heavy atom. The zero-order chi connectivity index (χ0) is 22.6. The van der Waals surface area contributed by atoms with Gasteiger partial charge in [-0.15, -0.1) is 0 Å². The molecule has 0 spiro atoms. The number of methoxy groups -OCH3 is 1. The number of likely N-dealkylation sites (N-methyl/N-ethyl adjacent to an activating group) is 1. The molecule has 0 saturated heterocycles. The van der Waals surface area contributed by atoms with Gasteiger partial charge in [-0.25, -0.2) is 9.38 Å². The van der Waals surface area contributed by atoms with Gasteiger partial charge in [-0.05, 0) is 55.7 Å². The van der Waals surface area contributed by atoms with Crippen molar-refractivity contribution in [2.45, 2.75) is 33.9 Å². The molecule has 2 aromatic carbocycles. The Hall–Kier alpha value is -3.29. The number of hydrogen-bond acceptors (Lipinski definition) is 4. The van der Waals surface area contributed by atoms with Gasteiger partial charge in [-0.1, -0.05) is 18.2 Å². The molecule has 8 heteroatoms. The minimum absolute atomic E-state index is 0.0708. The standard InChI is InChI=1S/C23H31FN4O3/c1-5-25-22(29)15-31-20-10-9-18(12-21(20)30-4)14-28-23(26-6-2)27-13-17-8-7-16(3)19(24)11-17/h7-12H,5-6,13-15H2,1-4H3,(H,25,29)(H2,26,27,28). The number of carbonyl (C=O) groups excluding carboxylic acids is 1. The molecule has 0 fully saturated rings. The predicted octanol–water partition coefficient (Wildman–Crippen LogP) is 2.91. The van der Waals surface area contributed by atoms with Crippen molar-refractivity contribution in [3.63, 3.8) is 0 Å². The maximum Gasteiger partial charge on any atom is 0.257 e. The fourth-order valence-corrected chi connectivity index (χ4v) is 2.77. The predicted molar refractivity (Wildman–Crippen MR) is 120 cm³/mol. The van der Waals surface area contributed by atoms with Gasteiger partial charge in [0.25, 0.3) is 5.91 Å². The van der Waals surface area contributed by atoms with Crippen LogP contribution >= 0.6 is 0 Å². The van der Waals surface area contributed by atoms with Crippen LogP contribution in [0.5, 0.6) is 11.5 Å². The Balaban J connectivity index is 2.00. The Kier molecular flexibility index (Phi) is 9.61. The Morgan fingerprint density at radius 2 is 1.74 bits per heavy atom. The molecule has 0 aliphatic rings. The average Bonchev–Trinajstić information content (AvgIpc) is 2.77. The van der Waals surface area contributed by atoms with E-state index in [-0.39, 0.29) is 18.3 Å². The molecule has 3 N–H and O–H groups in total. The number of rotatable bonds is 10. The van der Waals surface area contributed by atoms with Crippen molar-refractivity contribution < 1.29 is 18.7 Å². The number of aryl methyl sites for hydroxylation is 1. The van der Waals surface area contributed by atoms with Gasteiger partial charge < -0.3 is 25.4 Å². The second kappa shape index (κ2) is 12.4. The van der Waals surface area contributed by atoms with Crippen LogP contribution in [0.1, 0.15) is 30.5 Å². The Labute approximate surface area is 183 Å². The first-order chi connectivity index (χ1) is 15.0. The van der Waals surface area contributed by atoms with E-state index in [0.29, 0.717) is 49.2 Å². The summed E-state index contributed by atoms with van der Waals surface area (Å²) in [6.07, 6.45) is 0. The van der Waals surface area contributed by atoms with E-state index in [0.717, 1.165) is 11.1 Å². The summed E-state index contributed by atoms with van der Waals surface area (Å²) in [5.41, 5.74) is 2.37. The number of carbonyl (C=O) groups is 1. The lowest BCUT2D eigenvalue weighted by Gasteiger charge is -2.14. The minimum atomic E-state index is -0.229. The van der Waals surface area contributed by atoms with Gasteiger partial charge in [0, 0.05) is 19.6 Å². The molecule has 0 radical (unpaired) electrons. The number of nitrogens with one attached hydrogen (secondary N) is 3. The van der Waals surface area contributed by atoms with Gasteiger partial charge in [0.2, 0.25) is 0 Å². The van der Waals surface area contributed by atoms with Crippen LogP contribution in [0.3, 0.4) is 0 Å². The fourth-order valence-electron chi connectivity index (χ4n) is 2.77. The van der Waals surface area contributed by atoms with Crippen LogP contribution in [0.4, 0.5) is 4.39 Å². The molecule has 0 aliphatic carbocycles. The summed E-state index contributed by atoms with van der Waals surface area (Å²) in [6.45, 7) is 7.61. The van der Waals surface area contributed by atoms with Gasteiger partial charge in [-0.3, -0.25) is 4.79 Å². The van der Waals surface area contributed by atoms with Gasteiger partial charge in [-0.2, -0.15) is 0 Å². The molecule has 168 valence electrons. The van der Waals surface area contributed by atoms with E-state index >= 15 is 0 Å². The molecule has 0 atom stereocenters. The van der Waals surface area contributed by atoms with Crippen LogP contribution in [0.25, 0.3) is 0 Å². The summed E-state index contributed by atoms with van der Waals surface area (Å²) < 4.78 is 24.7. The summed E-state index contributed by atoms with van der Waals surface area (Å²) in [4.78, 5) is 16.1. The molecule has 0 saturated carbocycles. The third kappa shape index (κ3) is 7.81. The van der Waals surface area contributed by atoms with E-state index in [1.165, 1.54) is 6.07 Å². The molecule has 31 heavy (non-hydrogen) atoms. The van der Waals surface area contributed by atoms with Gasteiger partial charge in [0.05, 0.1) is 13.7 Å². The number of nitrogens with zero attached hydrogens (tertiary/aromatic N) is 1. The molecular weight excluding hydrogens is 399 g/mol. The Morgan fingerprint density at radius 1 is 1.00 bits per heavy atom. The van der Waals surface area contributed by atoms with Crippen LogP contribution in [0.15, 0.2) is 41.4 Å². The van der Waals surface area contributed by atoms with Crippen LogP contribution in [-0.2, 0) is 17.9 Å². The third-order valence-electron chi connectivity index (χ3n) is 4.42. The highest BCUT2D eigenvalue weighted by atomic mass is 19.1. The number of halogens is 1. The van der Waals surface area contributed by atoms with E-state index < -0.39 is 0 Å². The second-order valence-corrected chi connectivity index (χ2v) is 6.86. The van der Waals surface area contributed by atoms with E-state index in [9.17, 15) is 9.18 Å². The molecular formula is C23H31FN4O3. The number of aliphatic imine (C=N–C) groups is 1. The smallest absolute Gasteiger partial charge is 0.257 e. The number of ether oxygens (including phenoxy) is 2. The van der Waals surface area contributed by atoms with Crippen molar-refractivity contribution in [3.8, 4) is 11.5 Å². The normalized spacial score (nSPS) is 11.1. The van der Waals surface area contributed by atoms with Crippen molar-refractivity contribution in [2.75, 3.05) is 26.8 Å². The van der Waals surface area contributed by atoms with E-state index in [4.69, 9.17) is 9.47 Å². The van der Waals surface area contributed by atoms with Crippen molar-refractivity contribution in [1.29, 1.82) is 0 Å². The second-order valence-electron chi connectivity index (χ2n) is 6.86. The summed E-state index contributed by atoms with van der Waals surface area (Å²) in [5, 5.41) is 9.12. The molecule has 0 unspecified atom stereocenters. The number of hydrogen-bond donors (Lipinski definition) is 3. The highest BCUT2D eigenvalue weighted by molar-refractivity contribution is 5.79. The van der Waals surface area contributed by atoms with E-state index in [1.807, 2.05) is 32.0 Å². The number of guanidine groups is 1. The third-order valence-corrected chi connectivity index (χ3v) is 4.42. The van der Waals surface area contributed by atoms with Crippen LogP contribution in [0, 0.1) is 12.7 Å². The van der Waals surface area contributed by atoms with Crippen molar-refractivity contribution in [1.82, 2.24) is 16.0 Å². The summed E-state index contributed by atoms with van der Waals surface area (Å²) in [7, 11) is 1.55. The molecule has 1 amide bonds. The topological polar surface area (TPSA) is 84.0 Å². The van der Waals surface area contributed by atoms with E-state index in [2.05, 4.69) is 20.9 Å². The molecule has 0 bridgehead atoms. The zero-order valence-corrected chi connectivity index (χ0v) is 18.5. The van der Waals surface area contributed by atoms with Crippen molar-refractivity contribution in [2.24, 2.45) is 4.99 Å². The molecule has 2 aromatic rings. The van der Waals surface area contributed by atoms with Crippen LogP contribution in [0.2, 0.25) is 0 Å². The monoisotopic (exact) mass is 430 g/mol. The summed E-state index contributed by atoms with van der Waals surface area (Å²) >= 11 is 0. The van der Waals surface area contributed by atoms with Crippen molar-refractivity contribution >= 4 is 11.9 Å². The minimum Gasteiger partial charge on any atom is -0.493 e. The van der Waals surface area contributed by atoms with Crippen LogP contribution in [-0.4, -0.2) is 38.7 Å². The van der Waals surface area contributed by atoms with Crippen LogP contribution < -0.4 is 25.4 Å². The number of amides is 1. The van der Waals surface area contributed by atoms with Crippen molar-refractivity contribution in [3.05, 3.63) is 58.9 Å². The SMILES string of the molecule is CCNC(=O)COc1ccc(CNC(=NCc2ccc(C)c(F)c2)NCC)cc1OC. The summed E-state index contributed by atoms with van der Waals surface area (Å²) in [6, 6.07) is 10.6. The lowest BCUT2D eigenvalue weighted by Crippen LogP contribution is -2.36. The van der Waals surface area contributed by atoms with Gasteiger partial charge in [0.15, 0.2) is 24.1 Å². The zero-order valence-electron chi connectivity index (χ0n) is 18.5. The molecule has 0 aliphatic heterocycles. The largest absolute Gasteiger partial charge is 0.493 e. The molecule has 2 rings (SSSR count). The lowest BCUT2D eigenvalue weighted by atomic mass is 10.1. The average molecular weight is 431 g/mol. The first kappa shape index (κ1) is 24.0. The molecule has 0 heterocycles. The fraction of sp³-hybridized carbons (Fsp3) is 0.391. The van der Waals surface area contributed by atoms with E-state index in [1.54, 1.807) is 26.2 Å². The lowest BCUT2D eigenvalue weighted by molar-refractivity contribution is -0.123. The Bertz CT molecular complexity index is 902.